The first-order valence-corrected chi connectivity index (χ1v) is 13.8. The molecule has 0 spiro atoms. The molecule has 1 fully saturated rings. The Labute approximate surface area is 218 Å². The molecule has 5 rings (SSSR count). The van der Waals surface area contributed by atoms with Gasteiger partial charge in [0.25, 0.3) is 5.56 Å². The molecule has 1 amide bonds. The summed E-state index contributed by atoms with van der Waals surface area (Å²) in [5, 5.41) is 0.846. The third-order valence-electron chi connectivity index (χ3n) is 6.49. The van der Waals surface area contributed by atoms with Crippen molar-refractivity contribution in [3.05, 3.63) is 46.4 Å². The zero-order valence-electron chi connectivity index (χ0n) is 21.7. The van der Waals surface area contributed by atoms with E-state index in [1.165, 1.54) is 6.26 Å². The lowest BCUT2D eigenvalue weighted by Crippen LogP contribution is -2.46. The van der Waals surface area contributed by atoms with E-state index in [9.17, 15) is 14.1 Å². The van der Waals surface area contributed by atoms with E-state index in [0.29, 0.717) is 55.1 Å². The summed E-state index contributed by atoms with van der Waals surface area (Å²) in [5.41, 5.74) is 2.42. The maximum absolute atomic E-state index is 14.1. The second kappa shape index (κ2) is 9.62. The third kappa shape index (κ3) is 4.78. The van der Waals surface area contributed by atoms with Crippen LogP contribution in [-0.4, -0.2) is 63.3 Å². The summed E-state index contributed by atoms with van der Waals surface area (Å²) in [4.78, 5) is 39.5. The van der Waals surface area contributed by atoms with Crippen molar-refractivity contribution < 1.29 is 18.8 Å². The Balaban J connectivity index is 1.67. The molecule has 2 aromatic heterocycles. The van der Waals surface area contributed by atoms with Gasteiger partial charge in [0.1, 0.15) is 17.5 Å². The number of fused-ring (bicyclic) bond motifs is 2. The number of carbonyl (C=O) groups is 1. The van der Waals surface area contributed by atoms with Crippen molar-refractivity contribution in [2.75, 3.05) is 42.4 Å². The number of amides is 1. The molecule has 3 aromatic rings. The van der Waals surface area contributed by atoms with Gasteiger partial charge in [0.05, 0.1) is 24.0 Å². The van der Waals surface area contributed by atoms with Crippen LogP contribution in [0.1, 0.15) is 38.8 Å². The zero-order chi connectivity index (χ0) is 26.5. The maximum atomic E-state index is 14.1. The van der Waals surface area contributed by atoms with Crippen molar-refractivity contribution in [3.63, 3.8) is 0 Å². The van der Waals surface area contributed by atoms with Crippen LogP contribution in [0.3, 0.4) is 0 Å². The normalized spacial score (nSPS) is 18.7. The average molecular weight is 526 g/mol. The number of benzene rings is 1. The Morgan fingerprint density at radius 3 is 2.70 bits per heavy atom. The molecule has 1 aromatic carbocycles. The Morgan fingerprint density at radius 2 is 2.03 bits per heavy atom. The number of anilines is 3. The highest BCUT2D eigenvalue weighted by molar-refractivity contribution is 7.90. The average Bonchev–Trinajstić information content (AvgIpc) is 3.36. The number of pyridine rings is 1. The number of rotatable bonds is 3. The van der Waals surface area contributed by atoms with E-state index in [1.54, 1.807) is 21.7 Å². The van der Waals surface area contributed by atoms with Crippen LogP contribution in [-0.2, 0) is 20.6 Å². The summed E-state index contributed by atoms with van der Waals surface area (Å²) in [5.74, 6) is 0. The van der Waals surface area contributed by atoms with Gasteiger partial charge in [-0.05, 0) is 51.8 Å². The van der Waals surface area contributed by atoms with Crippen molar-refractivity contribution in [1.29, 1.82) is 0 Å². The smallest absolute Gasteiger partial charge is 0.414 e. The Hall–Kier alpha value is -3.15. The van der Waals surface area contributed by atoms with Gasteiger partial charge >= 0.3 is 11.2 Å². The molecule has 0 N–H and O–H groups in total. The molecule has 2 aliphatic rings. The number of nitrogens with zero attached hydrogens (tertiary/aromatic N) is 5. The lowest BCUT2D eigenvalue weighted by molar-refractivity contribution is 0.0580. The van der Waals surface area contributed by atoms with E-state index in [4.69, 9.17) is 9.47 Å². The highest BCUT2D eigenvalue weighted by Gasteiger charge is 2.34. The van der Waals surface area contributed by atoms with Crippen LogP contribution in [0, 0.1) is 6.92 Å². The van der Waals surface area contributed by atoms with Crippen LogP contribution in [0.25, 0.3) is 11.0 Å². The van der Waals surface area contributed by atoms with Gasteiger partial charge in [0.15, 0.2) is 5.65 Å². The second-order valence-electron chi connectivity index (χ2n) is 10.3. The van der Waals surface area contributed by atoms with Crippen molar-refractivity contribution in [1.82, 2.24) is 14.5 Å². The predicted molar refractivity (Wildman–Crippen MR) is 142 cm³/mol. The fourth-order valence-electron chi connectivity index (χ4n) is 4.88. The number of aryl methyl sites for hydroxylation is 1. The maximum Gasteiger partial charge on any atom is 0.414 e. The van der Waals surface area contributed by atoms with Gasteiger partial charge in [-0.3, -0.25) is 14.3 Å². The molecule has 11 heteroatoms. The summed E-state index contributed by atoms with van der Waals surface area (Å²) < 4.78 is 25.0. The van der Waals surface area contributed by atoms with Crippen molar-refractivity contribution >= 4 is 45.4 Å². The largest absolute Gasteiger partial charge is 0.609 e. The van der Waals surface area contributed by atoms with E-state index in [0.717, 1.165) is 11.3 Å². The van der Waals surface area contributed by atoms with Gasteiger partial charge in [0.2, 0.25) is 0 Å². The predicted octanol–water partition coefficient (Wildman–Crippen LogP) is 3.69. The molecule has 4 heterocycles. The Bertz CT molecular complexity index is 1410. The number of hydrogen-bond donors (Lipinski definition) is 0. The second-order valence-corrected chi connectivity index (χ2v) is 11.6. The van der Waals surface area contributed by atoms with Gasteiger partial charge < -0.3 is 18.9 Å². The summed E-state index contributed by atoms with van der Waals surface area (Å²) in [7, 11) is 0. The summed E-state index contributed by atoms with van der Waals surface area (Å²) in [6.07, 6.45) is 3.38. The molecule has 0 bridgehead atoms. The lowest BCUT2D eigenvalue weighted by Gasteiger charge is -2.39. The van der Waals surface area contributed by atoms with Crippen LogP contribution in [0.2, 0.25) is 0 Å². The molecule has 10 nitrogen and oxygen atoms in total. The lowest BCUT2D eigenvalue weighted by atomic mass is 10.1. The highest BCUT2D eigenvalue weighted by Crippen LogP contribution is 2.40. The van der Waals surface area contributed by atoms with Crippen molar-refractivity contribution in [2.45, 2.75) is 50.9 Å². The topological polar surface area (TPSA) is 113 Å². The Kier molecular flexibility index (Phi) is 6.63. The SMILES string of the molecule is Cc1cccc2c1N(C(=O)OC(C)(C)C)CCN2c1cc2cnc([S+](C)[O-])nc2n(C2CCOC2)c1=O. The van der Waals surface area contributed by atoms with E-state index in [-0.39, 0.29) is 16.8 Å². The zero-order valence-corrected chi connectivity index (χ0v) is 22.5. The minimum atomic E-state index is -1.39. The van der Waals surface area contributed by atoms with Gasteiger partial charge in [-0.15, -0.1) is 0 Å². The van der Waals surface area contributed by atoms with Crippen LogP contribution < -0.4 is 15.4 Å². The molecule has 0 radical (unpaired) electrons. The molecule has 2 aliphatic heterocycles. The molecule has 2 atom stereocenters. The number of para-hydroxylation sites is 1. The van der Waals surface area contributed by atoms with Gasteiger partial charge in [0, 0.05) is 42.5 Å². The van der Waals surface area contributed by atoms with Crippen molar-refractivity contribution in [3.8, 4) is 0 Å². The van der Waals surface area contributed by atoms with E-state index in [2.05, 4.69) is 9.97 Å². The van der Waals surface area contributed by atoms with E-state index >= 15 is 0 Å². The number of ether oxygens (including phenoxy) is 2. The van der Waals surface area contributed by atoms with Gasteiger partial charge in [-0.1, -0.05) is 12.1 Å². The highest BCUT2D eigenvalue weighted by atomic mass is 32.2. The minimum absolute atomic E-state index is 0.180. The molecule has 2 unspecified atom stereocenters. The molecule has 1 saturated heterocycles. The first-order chi connectivity index (χ1) is 17.5. The fourth-order valence-corrected chi connectivity index (χ4v) is 5.30. The van der Waals surface area contributed by atoms with Crippen LogP contribution >= 0.6 is 0 Å². The van der Waals surface area contributed by atoms with Crippen LogP contribution in [0.15, 0.2) is 40.4 Å². The van der Waals surface area contributed by atoms with Crippen LogP contribution in [0.5, 0.6) is 0 Å². The molecule has 0 saturated carbocycles. The van der Waals surface area contributed by atoms with E-state index in [1.807, 2.05) is 50.8 Å². The molecule has 0 aliphatic carbocycles. The van der Waals surface area contributed by atoms with Gasteiger partial charge in [-0.2, -0.15) is 9.97 Å². The number of aromatic nitrogens is 3. The monoisotopic (exact) mass is 525 g/mol. The standard InChI is InChI=1S/C26H31N5O5S/c1-16-7-6-8-19-21(16)30(25(33)36-26(2,3)4)11-10-29(19)20-13-17-14-27-24(37(5)34)28-22(17)31(23(20)32)18-9-12-35-15-18/h6-8,13-14,18H,9-12,15H2,1-5H3. The quantitative estimate of drug-likeness (QED) is 0.376. The summed E-state index contributed by atoms with van der Waals surface area (Å²) >= 11 is -1.39. The van der Waals surface area contributed by atoms with Crippen molar-refractivity contribution in [2.24, 2.45) is 0 Å². The fraction of sp³-hybridized carbons (Fsp3) is 0.462. The molecule has 37 heavy (non-hydrogen) atoms. The number of hydrogen-bond acceptors (Lipinski definition) is 8. The molecule has 196 valence electrons. The Morgan fingerprint density at radius 1 is 1.24 bits per heavy atom. The van der Waals surface area contributed by atoms with Gasteiger partial charge in [-0.25, -0.2) is 4.79 Å². The first-order valence-electron chi connectivity index (χ1n) is 12.3. The number of carbonyl (C=O) groups excluding carboxylic acids is 1. The summed E-state index contributed by atoms with van der Waals surface area (Å²) in [6.45, 7) is 9.15. The van der Waals surface area contributed by atoms with E-state index < -0.39 is 22.9 Å². The first kappa shape index (κ1) is 25.5. The molecular weight excluding hydrogens is 494 g/mol. The van der Waals surface area contributed by atoms with Crippen LogP contribution in [0.4, 0.5) is 21.9 Å². The summed E-state index contributed by atoms with van der Waals surface area (Å²) in [6, 6.07) is 7.35. The third-order valence-corrected chi connectivity index (χ3v) is 7.20. The minimum Gasteiger partial charge on any atom is -0.609 e. The molecular formula is C26H31N5O5S.